The van der Waals surface area contributed by atoms with Crippen LogP contribution in [0.3, 0.4) is 0 Å². The molecule has 0 aliphatic heterocycles. The van der Waals surface area contributed by atoms with Crippen molar-refractivity contribution in [2.75, 3.05) is 31.6 Å². The zero-order chi connectivity index (χ0) is 11.8. The van der Waals surface area contributed by atoms with Gasteiger partial charge in [-0.2, -0.15) is 0 Å². The molecule has 0 heterocycles. The Kier molecular flexibility index (Phi) is 5.94. The molecule has 0 aliphatic rings. The Morgan fingerprint density at radius 2 is 1.81 bits per heavy atom. The van der Waals surface area contributed by atoms with Crippen LogP contribution in [-0.2, 0) is 0 Å². The number of anilines is 1. The Balaban J connectivity index is 2.24. The Labute approximate surface area is 99.7 Å². The summed E-state index contributed by atoms with van der Waals surface area (Å²) in [5.74, 6) is 0. The molecule has 0 radical (unpaired) electrons. The van der Waals surface area contributed by atoms with Crippen molar-refractivity contribution in [3.63, 3.8) is 0 Å². The molecular formula is C14H24N2. The Morgan fingerprint density at radius 1 is 1.12 bits per heavy atom. The molecule has 90 valence electrons. The molecule has 0 saturated carbocycles. The molecule has 0 bridgehead atoms. The number of rotatable bonds is 7. The Bertz CT molecular complexity index is 279. The monoisotopic (exact) mass is 220 g/mol. The second-order valence-corrected chi connectivity index (χ2v) is 4.36. The number of hydrogen-bond donors (Lipinski definition) is 1. The van der Waals surface area contributed by atoms with Crippen molar-refractivity contribution < 1.29 is 0 Å². The summed E-state index contributed by atoms with van der Waals surface area (Å²) in [4.78, 5) is 2.31. The van der Waals surface area contributed by atoms with Gasteiger partial charge in [0.2, 0.25) is 0 Å². The van der Waals surface area contributed by atoms with E-state index in [9.17, 15) is 0 Å². The highest BCUT2D eigenvalue weighted by Crippen LogP contribution is 2.13. The Hall–Kier alpha value is -1.02. The summed E-state index contributed by atoms with van der Waals surface area (Å²) in [6, 6.07) is 8.71. The molecule has 0 spiro atoms. The minimum absolute atomic E-state index is 1.11. The first-order valence-electron chi connectivity index (χ1n) is 6.22. The predicted octanol–water partition coefficient (Wildman–Crippen LogP) is 2.82. The number of benzene rings is 1. The first-order valence-corrected chi connectivity index (χ1v) is 6.22. The van der Waals surface area contributed by atoms with E-state index in [1.165, 1.54) is 24.1 Å². The van der Waals surface area contributed by atoms with E-state index in [-0.39, 0.29) is 0 Å². The van der Waals surface area contributed by atoms with E-state index < -0.39 is 0 Å². The maximum atomic E-state index is 3.42. The number of nitrogens with zero attached hydrogens (tertiary/aromatic N) is 1. The average molecular weight is 220 g/mol. The summed E-state index contributed by atoms with van der Waals surface area (Å²) >= 11 is 0. The molecule has 1 rings (SSSR count). The van der Waals surface area contributed by atoms with Crippen LogP contribution in [0.1, 0.15) is 25.3 Å². The summed E-state index contributed by atoms with van der Waals surface area (Å²) in [5, 5.41) is 3.42. The molecule has 2 nitrogen and oxygen atoms in total. The van der Waals surface area contributed by atoms with E-state index in [0.29, 0.717) is 0 Å². The van der Waals surface area contributed by atoms with Crippen molar-refractivity contribution in [1.29, 1.82) is 0 Å². The standard InChI is InChI=1S/C14H24N2/c1-4-10-15-11-5-12-16(3)14-8-6-13(2)7-9-14/h6-9,15H,4-5,10-12H2,1-3H3. The molecule has 0 aliphatic carbocycles. The van der Waals surface area contributed by atoms with Gasteiger partial charge in [-0.3, -0.25) is 0 Å². The maximum absolute atomic E-state index is 3.42. The lowest BCUT2D eigenvalue weighted by Gasteiger charge is -2.19. The van der Waals surface area contributed by atoms with Crippen LogP contribution < -0.4 is 10.2 Å². The van der Waals surface area contributed by atoms with E-state index in [1.807, 2.05) is 0 Å². The fourth-order valence-corrected chi connectivity index (χ4v) is 1.67. The average Bonchev–Trinajstić information content (AvgIpc) is 2.29. The van der Waals surface area contributed by atoms with Crippen molar-refractivity contribution in [2.45, 2.75) is 26.7 Å². The second-order valence-electron chi connectivity index (χ2n) is 4.36. The van der Waals surface area contributed by atoms with Crippen molar-refractivity contribution >= 4 is 5.69 Å². The van der Waals surface area contributed by atoms with Crippen molar-refractivity contribution in [1.82, 2.24) is 5.32 Å². The van der Waals surface area contributed by atoms with Crippen LogP contribution in [0.2, 0.25) is 0 Å². The van der Waals surface area contributed by atoms with Gasteiger partial charge >= 0.3 is 0 Å². The minimum Gasteiger partial charge on any atom is -0.375 e. The highest BCUT2D eigenvalue weighted by Gasteiger charge is 1.99. The highest BCUT2D eigenvalue weighted by molar-refractivity contribution is 5.46. The third-order valence-corrected chi connectivity index (χ3v) is 2.75. The normalized spacial score (nSPS) is 10.4. The number of hydrogen-bond acceptors (Lipinski definition) is 2. The summed E-state index contributed by atoms with van der Waals surface area (Å²) in [6.45, 7) is 7.68. The quantitative estimate of drug-likeness (QED) is 0.711. The number of aryl methyl sites for hydroxylation is 1. The van der Waals surface area contributed by atoms with Crippen molar-refractivity contribution in [3.05, 3.63) is 29.8 Å². The van der Waals surface area contributed by atoms with Crippen molar-refractivity contribution in [2.24, 2.45) is 0 Å². The molecular weight excluding hydrogens is 196 g/mol. The largest absolute Gasteiger partial charge is 0.375 e. The molecule has 0 amide bonds. The van der Waals surface area contributed by atoms with Crippen LogP contribution in [0.5, 0.6) is 0 Å². The van der Waals surface area contributed by atoms with Crippen LogP contribution in [0.25, 0.3) is 0 Å². The summed E-state index contributed by atoms with van der Waals surface area (Å²) < 4.78 is 0. The van der Waals surface area contributed by atoms with Gasteiger partial charge in [0, 0.05) is 19.3 Å². The molecule has 0 saturated heterocycles. The van der Waals surface area contributed by atoms with Gasteiger partial charge in [0.25, 0.3) is 0 Å². The third-order valence-electron chi connectivity index (χ3n) is 2.75. The predicted molar refractivity (Wildman–Crippen MR) is 72.2 cm³/mol. The van der Waals surface area contributed by atoms with Gasteiger partial charge in [0.15, 0.2) is 0 Å². The van der Waals surface area contributed by atoms with Crippen LogP contribution in [0.4, 0.5) is 5.69 Å². The van der Waals surface area contributed by atoms with Gasteiger partial charge < -0.3 is 10.2 Å². The third kappa shape index (κ3) is 4.67. The second kappa shape index (κ2) is 7.29. The summed E-state index contributed by atoms with van der Waals surface area (Å²) in [5.41, 5.74) is 2.63. The summed E-state index contributed by atoms with van der Waals surface area (Å²) in [7, 11) is 2.16. The lowest BCUT2D eigenvalue weighted by Crippen LogP contribution is -2.24. The van der Waals surface area contributed by atoms with Crippen LogP contribution >= 0.6 is 0 Å². The SMILES string of the molecule is CCCNCCCN(C)c1ccc(C)cc1. The molecule has 0 aromatic heterocycles. The first kappa shape index (κ1) is 13.0. The minimum atomic E-state index is 1.11. The first-order chi connectivity index (χ1) is 7.74. The van der Waals surface area contributed by atoms with Gasteiger partial charge in [-0.15, -0.1) is 0 Å². The van der Waals surface area contributed by atoms with E-state index in [1.54, 1.807) is 0 Å². The van der Waals surface area contributed by atoms with Gasteiger partial charge in [0.1, 0.15) is 0 Å². The maximum Gasteiger partial charge on any atom is 0.0363 e. The smallest absolute Gasteiger partial charge is 0.0363 e. The molecule has 1 N–H and O–H groups in total. The van der Waals surface area contributed by atoms with Gasteiger partial charge in [-0.05, 0) is 45.0 Å². The molecule has 1 aromatic rings. The van der Waals surface area contributed by atoms with E-state index in [0.717, 1.165) is 19.6 Å². The van der Waals surface area contributed by atoms with E-state index in [4.69, 9.17) is 0 Å². The fourth-order valence-electron chi connectivity index (χ4n) is 1.67. The molecule has 0 unspecified atom stereocenters. The molecule has 0 fully saturated rings. The van der Waals surface area contributed by atoms with Gasteiger partial charge in [-0.25, -0.2) is 0 Å². The fraction of sp³-hybridized carbons (Fsp3) is 0.571. The Morgan fingerprint density at radius 3 is 2.44 bits per heavy atom. The van der Waals surface area contributed by atoms with Gasteiger partial charge in [0.05, 0.1) is 0 Å². The lowest BCUT2D eigenvalue weighted by molar-refractivity contribution is 0.637. The molecule has 0 atom stereocenters. The lowest BCUT2D eigenvalue weighted by atomic mass is 10.2. The van der Waals surface area contributed by atoms with Gasteiger partial charge in [-0.1, -0.05) is 24.6 Å². The molecule has 1 aromatic carbocycles. The van der Waals surface area contributed by atoms with Crippen LogP contribution in [-0.4, -0.2) is 26.7 Å². The highest BCUT2D eigenvalue weighted by atomic mass is 15.1. The van der Waals surface area contributed by atoms with Crippen molar-refractivity contribution in [3.8, 4) is 0 Å². The number of nitrogens with one attached hydrogen (secondary N) is 1. The van der Waals surface area contributed by atoms with Crippen LogP contribution in [0, 0.1) is 6.92 Å². The molecule has 2 heteroatoms. The zero-order valence-corrected chi connectivity index (χ0v) is 10.8. The topological polar surface area (TPSA) is 15.3 Å². The van der Waals surface area contributed by atoms with Crippen LogP contribution in [0.15, 0.2) is 24.3 Å². The summed E-state index contributed by atoms with van der Waals surface area (Å²) in [6.07, 6.45) is 2.41. The zero-order valence-electron chi connectivity index (χ0n) is 10.8. The van der Waals surface area contributed by atoms with E-state index in [2.05, 4.69) is 55.4 Å². The van der Waals surface area contributed by atoms with E-state index >= 15 is 0 Å². The molecule has 16 heavy (non-hydrogen) atoms.